The van der Waals surface area contributed by atoms with Crippen molar-refractivity contribution in [2.75, 3.05) is 5.32 Å². The van der Waals surface area contributed by atoms with E-state index in [1.54, 1.807) is 29.6 Å². The van der Waals surface area contributed by atoms with Gasteiger partial charge >= 0.3 is 6.61 Å². The molecule has 0 spiro atoms. The van der Waals surface area contributed by atoms with E-state index in [1.165, 1.54) is 17.4 Å². The van der Waals surface area contributed by atoms with Crippen LogP contribution in [0.2, 0.25) is 0 Å². The average Bonchev–Trinajstić information content (AvgIpc) is 3.30. The van der Waals surface area contributed by atoms with E-state index in [0.29, 0.717) is 27.5 Å². The highest BCUT2D eigenvalue weighted by Gasteiger charge is 2.22. The molecule has 33 heavy (non-hydrogen) atoms. The molecule has 4 aromatic rings. The highest BCUT2D eigenvalue weighted by molar-refractivity contribution is 7.14. The number of rotatable bonds is 5. The second-order valence-electron chi connectivity index (χ2n) is 7.84. The molecule has 1 amide bonds. The minimum absolute atomic E-state index is 0.0293. The number of fused-ring (bicyclic) bond motifs is 3. The molecule has 0 aliphatic carbocycles. The van der Waals surface area contributed by atoms with Crippen LogP contribution in [-0.2, 0) is 13.0 Å². The molecule has 0 saturated carbocycles. The Balaban J connectivity index is 1.44. The third-order valence-corrected chi connectivity index (χ3v) is 6.30. The van der Waals surface area contributed by atoms with E-state index in [-0.39, 0.29) is 11.7 Å². The van der Waals surface area contributed by atoms with Crippen LogP contribution in [0.25, 0.3) is 22.4 Å². The molecular formula is C23H21F2N5O2S. The lowest BCUT2D eigenvalue weighted by molar-refractivity contribution is -0.0494. The number of imidazole rings is 1. The Morgan fingerprint density at radius 2 is 2.03 bits per heavy atom. The molecule has 0 unspecified atom stereocenters. The number of ether oxygens (including phenoxy) is 1. The van der Waals surface area contributed by atoms with Crippen LogP contribution in [0.4, 0.5) is 13.9 Å². The first-order chi connectivity index (χ1) is 16.0. The second kappa shape index (κ2) is 8.86. The van der Waals surface area contributed by atoms with Gasteiger partial charge in [0.15, 0.2) is 10.8 Å². The molecule has 0 saturated heterocycles. The summed E-state index contributed by atoms with van der Waals surface area (Å²) in [6, 6.07) is 8.15. The zero-order valence-electron chi connectivity index (χ0n) is 17.8. The fraction of sp³-hybridized carbons (Fsp3) is 0.304. The Hall–Kier alpha value is -3.40. The van der Waals surface area contributed by atoms with Crippen LogP contribution >= 0.6 is 11.3 Å². The number of thiazole rings is 1. The second-order valence-corrected chi connectivity index (χ2v) is 8.70. The average molecular weight is 470 g/mol. The molecule has 1 aliphatic heterocycles. The van der Waals surface area contributed by atoms with Crippen LogP contribution in [0, 0.1) is 6.92 Å². The number of alkyl halides is 2. The van der Waals surface area contributed by atoms with Crippen molar-refractivity contribution in [2.45, 2.75) is 45.8 Å². The molecule has 0 atom stereocenters. The summed E-state index contributed by atoms with van der Waals surface area (Å²) < 4.78 is 32.2. The minimum Gasteiger partial charge on any atom is -0.434 e. The van der Waals surface area contributed by atoms with E-state index in [9.17, 15) is 13.6 Å². The lowest BCUT2D eigenvalue weighted by Gasteiger charge is -2.08. The van der Waals surface area contributed by atoms with Crippen LogP contribution in [0.3, 0.4) is 0 Å². The van der Waals surface area contributed by atoms with Crippen LogP contribution in [0.5, 0.6) is 5.75 Å². The monoisotopic (exact) mass is 469 g/mol. The number of hydrogen-bond acceptors (Lipinski definition) is 6. The molecule has 0 radical (unpaired) electrons. The van der Waals surface area contributed by atoms with Gasteiger partial charge in [-0.25, -0.2) is 15.0 Å². The van der Waals surface area contributed by atoms with Gasteiger partial charge < -0.3 is 9.30 Å². The van der Waals surface area contributed by atoms with Crippen molar-refractivity contribution in [2.24, 2.45) is 0 Å². The number of benzene rings is 1. The van der Waals surface area contributed by atoms with Gasteiger partial charge in [0.2, 0.25) is 0 Å². The van der Waals surface area contributed by atoms with Crippen LogP contribution in [0.15, 0.2) is 35.7 Å². The van der Waals surface area contributed by atoms with Crippen LogP contribution in [-0.4, -0.2) is 32.0 Å². The maximum Gasteiger partial charge on any atom is 0.387 e. The van der Waals surface area contributed by atoms with Gasteiger partial charge in [0.25, 0.3) is 5.91 Å². The van der Waals surface area contributed by atoms with Gasteiger partial charge in [0, 0.05) is 29.6 Å². The van der Waals surface area contributed by atoms with Gasteiger partial charge in [0.1, 0.15) is 17.1 Å². The number of para-hydroxylation sites is 1. The molecule has 10 heteroatoms. The quantitative estimate of drug-likeness (QED) is 0.421. The third-order valence-electron chi connectivity index (χ3n) is 5.54. The topological polar surface area (TPSA) is 81.9 Å². The Morgan fingerprint density at radius 1 is 1.18 bits per heavy atom. The predicted octanol–water partition coefficient (Wildman–Crippen LogP) is 5.44. The van der Waals surface area contributed by atoms with Gasteiger partial charge in [-0.15, -0.1) is 11.3 Å². The molecule has 0 fully saturated rings. The molecule has 7 nitrogen and oxygen atoms in total. The molecule has 1 aromatic carbocycles. The van der Waals surface area contributed by atoms with Crippen molar-refractivity contribution in [3.8, 4) is 17.0 Å². The first-order valence-electron chi connectivity index (χ1n) is 10.7. The summed E-state index contributed by atoms with van der Waals surface area (Å²) in [5.74, 6) is 0.653. The summed E-state index contributed by atoms with van der Waals surface area (Å²) in [6.45, 7) is -0.237. The largest absolute Gasteiger partial charge is 0.434 e. The number of carbonyl (C=O) groups is 1. The van der Waals surface area contributed by atoms with E-state index >= 15 is 0 Å². The molecule has 1 N–H and O–H groups in total. The van der Waals surface area contributed by atoms with Crippen molar-refractivity contribution >= 4 is 33.5 Å². The van der Waals surface area contributed by atoms with E-state index in [4.69, 9.17) is 4.98 Å². The first-order valence-corrected chi connectivity index (χ1v) is 11.6. The van der Waals surface area contributed by atoms with Gasteiger partial charge in [0.05, 0.1) is 11.3 Å². The summed E-state index contributed by atoms with van der Waals surface area (Å²) in [5.41, 5.74) is 3.36. The summed E-state index contributed by atoms with van der Waals surface area (Å²) in [7, 11) is 0. The van der Waals surface area contributed by atoms with Crippen molar-refractivity contribution in [1.82, 2.24) is 19.5 Å². The maximum absolute atomic E-state index is 13.2. The van der Waals surface area contributed by atoms with Crippen molar-refractivity contribution in [3.05, 3.63) is 52.8 Å². The van der Waals surface area contributed by atoms with E-state index in [0.717, 1.165) is 49.4 Å². The van der Waals surface area contributed by atoms with Crippen LogP contribution in [0.1, 0.15) is 41.1 Å². The molecule has 0 bridgehead atoms. The fourth-order valence-corrected chi connectivity index (χ4v) is 4.79. The Morgan fingerprint density at radius 3 is 2.88 bits per heavy atom. The smallest absolute Gasteiger partial charge is 0.387 e. The first kappa shape index (κ1) is 21.4. The number of pyridine rings is 1. The number of nitrogens with zero attached hydrogens (tertiary/aromatic N) is 4. The zero-order valence-corrected chi connectivity index (χ0v) is 18.7. The molecule has 170 valence electrons. The number of nitrogens with one attached hydrogen (secondary N) is 1. The number of anilines is 1. The molecule has 4 heterocycles. The van der Waals surface area contributed by atoms with E-state index in [1.807, 2.05) is 6.92 Å². The normalized spacial score (nSPS) is 13.7. The predicted molar refractivity (Wildman–Crippen MR) is 122 cm³/mol. The van der Waals surface area contributed by atoms with Crippen molar-refractivity contribution < 1.29 is 18.3 Å². The summed E-state index contributed by atoms with van der Waals surface area (Å²) in [6.07, 6.45) is 4.16. The fourth-order valence-electron chi connectivity index (χ4n) is 4.09. The highest BCUT2D eigenvalue weighted by atomic mass is 32.1. The summed E-state index contributed by atoms with van der Waals surface area (Å²) >= 11 is 1.21. The zero-order chi connectivity index (χ0) is 22.9. The van der Waals surface area contributed by atoms with Gasteiger partial charge in [-0.2, -0.15) is 8.78 Å². The van der Waals surface area contributed by atoms with Gasteiger partial charge in [-0.1, -0.05) is 18.6 Å². The van der Waals surface area contributed by atoms with E-state index in [2.05, 4.69) is 24.6 Å². The molecular weight excluding hydrogens is 448 g/mol. The SMILES string of the molecule is Cc1cc(C(=O)Nc2nc(-c3ccccc3OC(F)F)cs2)c2nc3n(c2n1)CCCCC3. The lowest BCUT2D eigenvalue weighted by Crippen LogP contribution is -2.13. The Kier molecular flexibility index (Phi) is 5.76. The molecule has 5 rings (SSSR count). The Bertz CT molecular complexity index is 1330. The number of amides is 1. The molecule has 3 aromatic heterocycles. The van der Waals surface area contributed by atoms with Gasteiger partial charge in [-0.3, -0.25) is 10.1 Å². The number of aryl methyl sites for hydroxylation is 3. The number of hydrogen-bond donors (Lipinski definition) is 1. The van der Waals surface area contributed by atoms with Crippen molar-refractivity contribution in [3.63, 3.8) is 0 Å². The lowest BCUT2D eigenvalue weighted by atomic mass is 10.1. The van der Waals surface area contributed by atoms with Gasteiger partial charge in [-0.05, 0) is 38.0 Å². The number of aromatic nitrogens is 4. The minimum atomic E-state index is -2.94. The number of carbonyl (C=O) groups excluding carboxylic acids is 1. The third kappa shape index (κ3) is 4.30. The number of halogens is 2. The summed E-state index contributed by atoms with van der Waals surface area (Å²) in [5, 5.41) is 4.87. The highest BCUT2D eigenvalue weighted by Crippen LogP contribution is 2.33. The Labute approximate surface area is 192 Å². The molecule has 1 aliphatic rings. The maximum atomic E-state index is 13.2. The summed E-state index contributed by atoms with van der Waals surface area (Å²) in [4.78, 5) is 27.0. The van der Waals surface area contributed by atoms with E-state index < -0.39 is 6.61 Å². The van der Waals surface area contributed by atoms with Crippen LogP contribution < -0.4 is 10.1 Å². The standard InChI is InChI=1S/C23H21F2N5O2S/c1-13-11-15(19-20(26-13)30-10-6-2-3-9-18(30)28-19)21(31)29-23-27-16(12-33-23)14-7-4-5-8-17(14)32-22(24)25/h4-5,7-8,11-12,22H,2-3,6,9-10H2,1H3,(H,27,29,31). The van der Waals surface area contributed by atoms with Crippen molar-refractivity contribution in [1.29, 1.82) is 0 Å².